The van der Waals surface area contributed by atoms with E-state index in [9.17, 15) is 9.59 Å². The van der Waals surface area contributed by atoms with E-state index in [1.165, 1.54) is 0 Å². The molecule has 0 fully saturated rings. The molecule has 1 atom stereocenters. The first-order valence-electron chi connectivity index (χ1n) is 9.88. The number of carbonyl (C=O) groups is 2. The molecule has 1 unspecified atom stereocenters. The Morgan fingerprint density at radius 2 is 1.61 bits per heavy atom. The average Bonchev–Trinajstić information content (AvgIpc) is 2.69. The molecule has 28 heavy (non-hydrogen) atoms. The van der Waals surface area contributed by atoms with Gasteiger partial charge in [-0.1, -0.05) is 32.0 Å². The van der Waals surface area contributed by atoms with Crippen molar-refractivity contribution in [2.24, 2.45) is 0 Å². The molecule has 0 saturated heterocycles. The van der Waals surface area contributed by atoms with Crippen LogP contribution in [0.5, 0.6) is 5.75 Å². The van der Waals surface area contributed by atoms with Crippen molar-refractivity contribution in [3.05, 3.63) is 59.7 Å². The summed E-state index contributed by atoms with van der Waals surface area (Å²) in [6, 6.07) is 14.6. The first-order chi connectivity index (χ1) is 13.5. The van der Waals surface area contributed by atoms with E-state index in [1.807, 2.05) is 36.1 Å². The topological polar surface area (TPSA) is 58.6 Å². The van der Waals surface area contributed by atoms with Crippen LogP contribution in [-0.4, -0.2) is 35.9 Å². The van der Waals surface area contributed by atoms with Gasteiger partial charge in [0.15, 0.2) is 6.10 Å². The third-order valence-electron chi connectivity index (χ3n) is 4.44. The van der Waals surface area contributed by atoms with Crippen LogP contribution in [0.1, 0.15) is 49.5 Å². The number of aryl methyl sites for hydroxylation is 1. The molecule has 150 valence electrons. The number of ether oxygens (including phenoxy) is 1. The lowest BCUT2D eigenvalue weighted by molar-refractivity contribution is -0.122. The minimum Gasteiger partial charge on any atom is -0.481 e. The third kappa shape index (κ3) is 5.84. The average molecular weight is 383 g/mol. The van der Waals surface area contributed by atoms with Gasteiger partial charge < -0.3 is 15.0 Å². The Morgan fingerprint density at radius 1 is 1.00 bits per heavy atom. The van der Waals surface area contributed by atoms with Crippen LogP contribution in [0.4, 0.5) is 5.69 Å². The van der Waals surface area contributed by atoms with Crippen molar-refractivity contribution in [1.82, 2.24) is 4.90 Å². The second kappa shape index (κ2) is 10.5. The number of rotatable bonds is 9. The molecule has 0 spiro atoms. The number of hydrogen-bond donors (Lipinski definition) is 1. The van der Waals surface area contributed by atoms with Crippen LogP contribution in [0, 0.1) is 6.92 Å². The van der Waals surface area contributed by atoms with Gasteiger partial charge in [-0.3, -0.25) is 9.59 Å². The highest BCUT2D eigenvalue weighted by molar-refractivity contribution is 5.96. The third-order valence-corrected chi connectivity index (χ3v) is 4.44. The van der Waals surface area contributed by atoms with Gasteiger partial charge >= 0.3 is 0 Å². The van der Waals surface area contributed by atoms with Crippen LogP contribution in [0.15, 0.2) is 48.5 Å². The molecule has 2 rings (SSSR count). The molecule has 0 heterocycles. The van der Waals surface area contributed by atoms with Crippen LogP contribution in [0.25, 0.3) is 0 Å². The highest BCUT2D eigenvalue weighted by Crippen LogP contribution is 2.19. The monoisotopic (exact) mass is 382 g/mol. The predicted molar refractivity (Wildman–Crippen MR) is 113 cm³/mol. The number of nitrogens with zero attached hydrogens (tertiary/aromatic N) is 1. The molecule has 0 aliphatic heterocycles. The number of hydrogen-bond acceptors (Lipinski definition) is 3. The van der Waals surface area contributed by atoms with E-state index < -0.39 is 6.10 Å². The van der Waals surface area contributed by atoms with E-state index in [2.05, 4.69) is 19.2 Å². The van der Waals surface area contributed by atoms with Crippen LogP contribution >= 0.6 is 0 Å². The fourth-order valence-electron chi connectivity index (χ4n) is 2.91. The molecular formula is C23H30N2O3. The summed E-state index contributed by atoms with van der Waals surface area (Å²) in [4.78, 5) is 26.9. The van der Waals surface area contributed by atoms with Crippen molar-refractivity contribution in [3.8, 4) is 5.75 Å². The molecule has 1 N–H and O–H groups in total. The van der Waals surface area contributed by atoms with Crippen molar-refractivity contribution in [3.63, 3.8) is 0 Å². The smallest absolute Gasteiger partial charge is 0.265 e. The molecule has 0 saturated carbocycles. The summed E-state index contributed by atoms with van der Waals surface area (Å²) in [6.45, 7) is 9.28. The molecule has 5 heteroatoms. The highest BCUT2D eigenvalue weighted by Gasteiger charge is 2.17. The molecule has 0 aromatic heterocycles. The number of nitrogens with one attached hydrogen (secondary N) is 1. The summed E-state index contributed by atoms with van der Waals surface area (Å²) in [5.74, 6) is 0.483. The summed E-state index contributed by atoms with van der Waals surface area (Å²) >= 11 is 0. The van der Waals surface area contributed by atoms with Gasteiger partial charge in [-0.05, 0) is 62.6 Å². The summed E-state index contributed by atoms with van der Waals surface area (Å²) in [5.41, 5.74) is 2.25. The van der Waals surface area contributed by atoms with Gasteiger partial charge in [-0.15, -0.1) is 0 Å². The first kappa shape index (κ1) is 21.5. The molecule has 0 bridgehead atoms. The lowest BCUT2D eigenvalue weighted by atomic mass is 10.1. The molecule has 0 aliphatic rings. The number of para-hydroxylation sites is 1. The maximum Gasteiger partial charge on any atom is 0.265 e. The van der Waals surface area contributed by atoms with Crippen LogP contribution in [-0.2, 0) is 4.79 Å². The molecule has 2 aromatic rings. The van der Waals surface area contributed by atoms with Crippen LogP contribution in [0.3, 0.4) is 0 Å². The molecule has 0 aliphatic carbocycles. The zero-order valence-corrected chi connectivity index (χ0v) is 17.2. The predicted octanol–water partition coefficient (Wildman–Crippen LogP) is 4.66. The molecule has 2 amide bonds. The number of amides is 2. The van der Waals surface area contributed by atoms with Gasteiger partial charge in [-0.2, -0.15) is 0 Å². The second-order valence-corrected chi connectivity index (χ2v) is 6.88. The van der Waals surface area contributed by atoms with E-state index in [0.717, 1.165) is 31.5 Å². The number of anilines is 1. The Hall–Kier alpha value is -2.82. The largest absolute Gasteiger partial charge is 0.481 e. The van der Waals surface area contributed by atoms with Gasteiger partial charge in [0.05, 0.1) is 0 Å². The fraction of sp³-hybridized carbons (Fsp3) is 0.391. The molecule has 0 radical (unpaired) electrons. The second-order valence-electron chi connectivity index (χ2n) is 6.88. The molecular weight excluding hydrogens is 352 g/mol. The van der Waals surface area contributed by atoms with Gasteiger partial charge in [0.1, 0.15) is 5.75 Å². The normalized spacial score (nSPS) is 11.6. The Kier molecular flexibility index (Phi) is 8.05. The van der Waals surface area contributed by atoms with E-state index in [1.54, 1.807) is 31.2 Å². The van der Waals surface area contributed by atoms with Gasteiger partial charge in [-0.25, -0.2) is 0 Å². The minimum absolute atomic E-state index is 0.0258. The summed E-state index contributed by atoms with van der Waals surface area (Å²) < 4.78 is 5.75. The van der Waals surface area contributed by atoms with Crippen molar-refractivity contribution >= 4 is 17.5 Å². The first-order valence-corrected chi connectivity index (χ1v) is 9.88. The summed E-state index contributed by atoms with van der Waals surface area (Å²) in [7, 11) is 0. The lowest BCUT2D eigenvalue weighted by Gasteiger charge is -2.21. The van der Waals surface area contributed by atoms with Crippen molar-refractivity contribution in [2.45, 2.75) is 46.6 Å². The lowest BCUT2D eigenvalue weighted by Crippen LogP contribution is -2.32. The van der Waals surface area contributed by atoms with E-state index in [0.29, 0.717) is 17.0 Å². The van der Waals surface area contributed by atoms with Crippen molar-refractivity contribution in [1.29, 1.82) is 0 Å². The Labute approximate surface area is 167 Å². The maximum absolute atomic E-state index is 12.6. The molecule has 5 nitrogen and oxygen atoms in total. The van der Waals surface area contributed by atoms with E-state index >= 15 is 0 Å². The Morgan fingerprint density at radius 3 is 2.18 bits per heavy atom. The SMILES string of the molecule is CCCN(CCC)C(=O)c1ccc(NC(=O)C(C)Oc2ccccc2C)cc1. The van der Waals surface area contributed by atoms with Crippen molar-refractivity contribution < 1.29 is 14.3 Å². The Bertz CT molecular complexity index is 781. The maximum atomic E-state index is 12.6. The van der Waals surface area contributed by atoms with Gasteiger partial charge in [0, 0.05) is 24.3 Å². The van der Waals surface area contributed by atoms with Crippen molar-refractivity contribution in [2.75, 3.05) is 18.4 Å². The fourth-order valence-corrected chi connectivity index (χ4v) is 2.91. The van der Waals surface area contributed by atoms with E-state index in [4.69, 9.17) is 4.74 Å². The molecule has 2 aromatic carbocycles. The van der Waals surface area contributed by atoms with Gasteiger partial charge in [0.25, 0.3) is 11.8 Å². The van der Waals surface area contributed by atoms with E-state index in [-0.39, 0.29) is 11.8 Å². The number of benzene rings is 2. The van der Waals surface area contributed by atoms with Crippen LogP contribution < -0.4 is 10.1 Å². The standard InChI is InChI=1S/C23H30N2O3/c1-5-15-25(16-6-2)23(27)19-11-13-20(14-12-19)24-22(26)18(4)28-21-10-8-7-9-17(21)3/h7-14,18H,5-6,15-16H2,1-4H3,(H,24,26). The number of carbonyl (C=O) groups excluding carboxylic acids is 2. The highest BCUT2D eigenvalue weighted by atomic mass is 16.5. The minimum atomic E-state index is -0.632. The quantitative estimate of drug-likeness (QED) is 0.686. The van der Waals surface area contributed by atoms with Crippen LogP contribution in [0.2, 0.25) is 0 Å². The summed E-state index contributed by atoms with van der Waals surface area (Å²) in [6.07, 6.45) is 1.23. The zero-order valence-electron chi connectivity index (χ0n) is 17.2. The summed E-state index contributed by atoms with van der Waals surface area (Å²) in [5, 5.41) is 2.84. The van der Waals surface area contributed by atoms with Gasteiger partial charge in [0.2, 0.25) is 0 Å². The zero-order chi connectivity index (χ0) is 20.5. The Balaban J connectivity index is 1.98.